The Morgan fingerprint density at radius 3 is 2.05 bits per heavy atom. The van der Waals surface area contributed by atoms with Gasteiger partial charge in [0.2, 0.25) is 0 Å². The van der Waals surface area contributed by atoms with E-state index in [1.165, 1.54) is 26.7 Å². The van der Waals surface area contributed by atoms with Crippen LogP contribution in [0.15, 0.2) is 0 Å². The predicted molar refractivity (Wildman–Crippen MR) is 76.2 cm³/mol. The Hall–Kier alpha value is -1.10. The van der Waals surface area contributed by atoms with Crippen molar-refractivity contribution >= 4 is 11.9 Å². The predicted octanol–water partition coefficient (Wildman–Crippen LogP) is 2.46. The fourth-order valence-corrected chi connectivity index (χ4v) is 2.46. The summed E-state index contributed by atoms with van der Waals surface area (Å²) in [6, 6.07) is 0. The number of esters is 1. The lowest BCUT2D eigenvalue weighted by atomic mass is 9.75. The van der Waals surface area contributed by atoms with Crippen LogP contribution < -0.4 is 0 Å². The van der Waals surface area contributed by atoms with Crippen molar-refractivity contribution in [2.24, 2.45) is 17.8 Å². The van der Waals surface area contributed by atoms with Crippen LogP contribution in [-0.2, 0) is 14.3 Å². The van der Waals surface area contributed by atoms with E-state index >= 15 is 0 Å². The number of ether oxygens (including phenoxy) is 1. The summed E-state index contributed by atoms with van der Waals surface area (Å²) in [6.07, 6.45) is 2.46. The third-order valence-corrected chi connectivity index (χ3v) is 3.64. The third-order valence-electron chi connectivity index (χ3n) is 3.64. The smallest absolute Gasteiger partial charge is 0.332 e. The summed E-state index contributed by atoms with van der Waals surface area (Å²) in [5.41, 5.74) is 0. The number of carboxylic acid groups (broad SMARTS) is 1. The summed E-state index contributed by atoms with van der Waals surface area (Å²) in [4.78, 5) is 20.4. The molecule has 1 saturated carbocycles. The van der Waals surface area contributed by atoms with Crippen molar-refractivity contribution in [2.75, 3.05) is 0 Å². The molecule has 118 valence electrons. The zero-order valence-corrected chi connectivity index (χ0v) is 13.1. The van der Waals surface area contributed by atoms with E-state index in [4.69, 9.17) is 14.9 Å². The molecule has 1 aliphatic rings. The van der Waals surface area contributed by atoms with Crippen LogP contribution in [0.25, 0.3) is 0 Å². The summed E-state index contributed by atoms with van der Waals surface area (Å²) >= 11 is 0. The monoisotopic (exact) mass is 288 g/mol. The lowest BCUT2D eigenvalue weighted by molar-refractivity contribution is -0.153. The van der Waals surface area contributed by atoms with E-state index in [1.54, 1.807) is 0 Å². The van der Waals surface area contributed by atoms with Gasteiger partial charge in [0.15, 0.2) is 0 Å². The van der Waals surface area contributed by atoms with E-state index in [0.717, 1.165) is 6.42 Å². The van der Waals surface area contributed by atoms with Crippen LogP contribution in [0.4, 0.5) is 0 Å². The minimum atomic E-state index is -1.23. The fourth-order valence-electron chi connectivity index (χ4n) is 2.46. The first-order valence-electron chi connectivity index (χ1n) is 7.23. The highest BCUT2D eigenvalue weighted by Gasteiger charge is 2.32. The molecule has 0 bridgehead atoms. The topological polar surface area (TPSA) is 83.8 Å². The Morgan fingerprint density at radius 2 is 1.70 bits per heavy atom. The summed E-state index contributed by atoms with van der Waals surface area (Å²) in [5, 5.41) is 15.8. The third kappa shape index (κ3) is 7.48. The standard InChI is InChI=1S/C12H22O2.C3H6O3/c1-8(2)11-6-5-9(3)7-12(11)14-10(4)13;1-2(4)3(5)6/h8-9,11-12H,5-7H2,1-4H3;2,4H,1H3,(H,5,6). The van der Waals surface area contributed by atoms with Gasteiger partial charge in [0.25, 0.3) is 0 Å². The van der Waals surface area contributed by atoms with E-state index in [9.17, 15) is 9.59 Å². The van der Waals surface area contributed by atoms with Crippen molar-refractivity contribution in [3.8, 4) is 0 Å². The van der Waals surface area contributed by atoms with E-state index in [2.05, 4.69) is 20.8 Å². The average molecular weight is 288 g/mol. The largest absolute Gasteiger partial charge is 0.479 e. The molecule has 4 unspecified atom stereocenters. The second kappa shape index (κ2) is 8.95. The van der Waals surface area contributed by atoms with Gasteiger partial charge in [-0.15, -0.1) is 0 Å². The van der Waals surface area contributed by atoms with Crippen molar-refractivity contribution < 1.29 is 24.5 Å². The number of carbonyl (C=O) groups is 2. The van der Waals surface area contributed by atoms with Gasteiger partial charge < -0.3 is 14.9 Å². The number of rotatable bonds is 3. The van der Waals surface area contributed by atoms with Gasteiger partial charge in [0, 0.05) is 6.92 Å². The average Bonchev–Trinajstić information content (AvgIpc) is 2.28. The molecule has 4 atom stereocenters. The molecule has 0 aromatic rings. The highest BCUT2D eigenvalue weighted by molar-refractivity contribution is 5.71. The minimum absolute atomic E-state index is 0.130. The molecule has 0 radical (unpaired) electrons. The molecule has 0 spiro atoms. The number of aliphatic hydroxyl groups excluding tert-OH is 1. The molecule has 0 aromatic carbocycles. The number of hydrogen-bond acceptors (Lipinski definition) is 4. The zero-order chi connectivity index (χ0) is 15.9. The first-order chi connectivity index (χ1) is 9.15. The van der Waals surface area contributed by atoms with E-state index < -0.39 is 12.1 Å². The molecule has 0 aromatic heterocycles. The molecule has 1 aliphatic carbocycles. The van der Waals surface area contributed by atoms with Crippen LogP contribution >= 0.6 is 0 Å². The summed E-state index contributed by atoms with van der Waals surface area (Å²) in [5.74, 6) is 0.570. The molecule has 5 heteroatoms. The van der Waals surface area contributed by atoms with Gasteiger partial charge >= 0.3 is 11.9 Å². The second-order valence-corrected chi connectivity index (χ2v) is 5.99. The van der Waals surface area contributed by atoms with Crippen molar-refractivity contribution in [3.05, 3.63) is 0 Å². The lowest BCUT2D eigenvalue weighted by Gasteiger charge is -2.36. The van der Waals surface area contributed by atoms with Crippen molar-refractivity contribution in [1.82, 2.24) is 0 Å². The maximum Gasteiger partial charge on any atom is 0.332 e. The number of carbonyl (C=O) groups excluding carboxylic acids is 1. The van der Waals surface area contributed by atoms with Crippen LogP contribution in [0.1, 0.15) is 53.9 Å². The molecule has 0 heterocycles. The Morgan fingerprint density at radius 1 is 1.20 bits per heavy atom. The molecule has 0 aliphatic heterocycles. The van der Waals surface area contributed by atoms with Gasteiger partial charge in [-0.25, -0.2) is 4.79 Å². The van der Waals surface area contributed by atoms with Crippen LogP contribution in [0, 0.1) is 17.8 Å². The Balaban J connectivity index is 0.000000511. The summed E-state index contributed by atoms with van der Waals surface area (Å²) in [7, 11) is 0. The van der Waals surface area contributed by atoms with Crippen LogP contribution in [0.3, 0.4) is 0 Å². The number of aliphatic carboxylic acids is 1. The quantitative estimate of drug-likeness (QED) is 0.779. The SMILES string of the molecule is CC(=O)OC1CC(C)CCC1C(C)C.CC(O)C(=O)O. The van der Waals surface area contributed by atoms with Crippen LogP contribution in [0.2, 0.25) is 0 Å². The summed E-state index contributed by atoms with van der Waals surface area (Å²) < 4.78 is 5.40. The van der Waals surface area contributed by atoms with Crippen LogP contribution in [-0.4, -0.2) is 34.4 Å². The first-order valence-corrected chi connectivity index (χ1v) is 7.23. The molecule has 1 rings (SSSR count). The Bertz CT molecular complexity index is 311. The molecular weight excluding hydrogens is 260 g/mol. The fraction of sp³-hybridized carbons (Fsp3) is 0.867. The van der Waals surface area contributed by atoms with Crippen LogP contribution in [0.5, 0.6) is 0 Å². The number of carboxylic acids is 1. The Kier molecular flexibility index (Phi) is 8.46. The zero-order valence-electron chi connectivity index (χ0n) is 13.1. The maximum absolute atomic E-state index is 11.0. The van der Waals surface area contributed by atoms with E-state index in [-0.39, 0.29) is 12.1 Å². The molecular formula is C15H28O5. The van der Waals surface area contributed by atoms with Gasteiger partial charge in [-0.2, -0.15) is 0 Å². The minimum Gasteiger partial charge on any atom is -0.479 e. The van der Waals surface area contributed by atoms with Gasteiger partial charge in [-0.3, -0.25) is 4.79 Å². The lowest BCUT2D eigenvalue weighted by Crippen LogP contribution is -2.35. The van der Waals surface area contributed by atoms with Gasteiger partial charge in [-0.05, 0) is 37.5 Å². The van der Waals surface area contributed by atoms with Gasteiger partial charge in [0.05, 0.1) is 0 Å². The highest BCUT2D eigenvalue weighted by atomic mass is 16.5. The van der Waals surface area contributed by atoms with Gasteiger partial charge in [0.1, 0.15) is 12.2 Å². The van der Waals surface area contributed by atoms with E-state index in [1.807, 2.05) is 0 Å². The Labute approximate surface area is 121 Å². The summed E-state index contributed by atoms with van der Waals surface area (Å²) in [6.45, 7) is 9.39. The molecule has 0 saturated heterocycles. The second-order valence-electron chi connectivity index (χ2n) is 5.99. The molecule has 2 N–H and O–H groups in total. The molecule has 20 heavy (non-hydrogen) atoms. The van der Waals surface area contributed by atoms with Crippen molar-refractivity contribution in [3.63, 3.8) is 0 Å². The van der Waals surface area contributed by atoms with E-state index in [0.29, 0.717) is 17.8 Å². The number of aliphatic hydroxyl groups is 1. The maximum atomic E-state index is 11.0. The van der Waals surface area contributed by atoms with Crippen molar-refractivity contribution in [2.45, 2.75) is 66.1 Å². The molecule has 0 amide bonds. The normalized spacial score (nSPS) is 27.2. The van der Waals surface area contributed by atoms with Gasteiger partial charge in [-0.1, -0.05) is 27.2 Å². The number of hydrogen-bond donors (Lipinski definition) is 2. The molecule has 1 fully saturated rings. The van der Waals surface area contributed by atoms with Crippen molar-refractivity contribution in [1.29, 1.82) is 0 Å². The highest BCUT2D eigenvalue weighted by Crippen LogP contribution is 2.35. The molecule has 5 nitrogen and oxygen atoms in total. The first kappa shape index (κ1) is 18.9.